The molecule has 1 radical (unpaired) electrons. The number of hydrogen-bond donors (Lipinski definition) is 2. The number of fused-ring (bicyclic) bond motifs is 5. The first-order valence-electron chi connectivity index (χ1n) is 5.21. The van der Waals surface area contributed by atoms with Gasteiger partial charge in [0, 0.05) is 39.0 Å². The molecule has 16 heavy (non-hydrogen) atoms. The van der Waals surface area contributed by atoms with Gasteiger partial charge in [-0.1, -0.05) is 24.1 Å². The summed E-state index contributed by atoms with van der Waals surface area (Å²) in [6, 6.07) is 0. The van der Waals surface area contributed by atoms with Gasteiger partial charge in [0.2, 0.25) is 0 Å². The third kappa shape index (κ3) is 1.72. The van der Waals surface area contributed by atoms with Crippen molar-refractivity contribution < 1.29 is 25.5 Å². The molecule has 0 aromatic carbocycles. The van der Waals surface area contributed by atoms with Crippen LogP contribution in [0.25, 0.3) is 0 Å². The van der Waals surface area contributed by atoms with Gasteiger partial charge in [-0.05, 0) is 24.2 Å². The minimum Gasteiger partial charge on any atom is -0.400 e. The Kier molecular flexibility index (Phi) is 4.28. The van der Waals surface area contributed by atoms with Crippen LogP contribution >= 0.6 is 0 Å². The summed E-state index contributed by atoms with van der Waals surface area (Å²) in [5.41, 5.74) is 1.55. The molecule has 3 rings (SSSR count). The third-order valence-electron chi connectivity index (χ3n) is 3.66. The topological polar surface area (TPSA) is 44.1 Å². The molecule has 0 aromatic rings. The number of nitrogens with one attached hydrogen (secondary N) is 1. The molecule has 4 unspecified atom stereocenters. The molecule has 0 spiro atoms. The molecule has 4 atom stereocenters. The second kappa shape index (κ2) is 5.11. The van der Waals surface area contributed by atoms with Gasteiger partial charge >= 0.3 is 0 Å². The molecule has 3 heteroatoms. The summed E-state index contributed by atoms with van der Waals surface area (Å²) in [5, 5.41) is 14.9. The van der Waals surface area contributed by atoms with Crippen LogP contribution in [0.1, 0.15) is 6.42 Å². The van der Waals surface area contributed by atoms with Crippen molar-refractivity contribution >= 4 is 5.71 Å². The summed E-state index contributed by atoms with van der Waals surface area (Å²) in [6.45, 7) is 0. The van der Waals surface area contributed by atoms with E-state index in [1.165, 1.54) is 6.42 Å². The zero-order valence-electron chi connectivity index (χ0n) is 9.15. The van der Waals surface area contributed by atoms with E-state index in [9.17, 15) is 0 Å². The summed E-state index contributed by atoms with van der Waals surface area (Å²) >= 11 is 0. The Hall–Kier alpha value is -0.668. The molecule has 2 N–H and O–H groups in total. The van der Waals surface area contributed by atoms with Crippen molar-refractivity contribution in [3.8, 4) is 12.3 Å². The standard InChI is InChI=1S/C12H11N.CH4O.Re/c1-2-7-6-10-8-3-4-9(5-8)11(10)12(7)13;1-2;/h1,3-4,6,8-11,13H,5H2;2H,1H3;. The number of aliphatic hydroxyl groups excluding tert-OH is 1. The van der Waals surface area contributed by atoms with E-state index >= 15 is 0 Å². The average Bonchev–Trinajstić information content (AvgIpc) is 2.93. The van der Waals surface area contributed by atoms with E-state index in [0.29, 0.717) is 29.4 Å². The number of rotatable bonds is 0. The molecule has 3 aliphatic rings. The number of hydrogen-bond acceptors (Lipinski definition) is 2. The molecular formula is C13H15NORe. The van der Waals surface area contributed by atoms with Crippen LogP contribution < -0.4 is 0 Å². The normalized spacial score (nSPS) is 36.8. The number of allylic oxidation sites excluding steroid dienone is 4. The first-order valence-corrected chi connectivity index (χ1v) is 5.21. The van der Waals surface area contributed by atoms with Crippen molar-refractivity contribution in [1.29, 1.82) is 5.41 Å². The van der Waals surface area contributed by atoms with Crippen LogP contribution in [0.15, 0.2) is 23.8 Å². The predicted molar refractivity (Wildman–Crippen MR) is 60.5 cm³/mol. The Morgan fingerprint density at radius 1 is 1.38 bits per heavy atom. The van der Waals surface area contributed by atoms with Gasteiger partial charge < -0.3 is 10.5 Å². The van der Waals surface area contributed by atoms with Crippen molar-refractivity contribution in [3.05, 3.63) is 23.8 Å². The Balaban J connectivity index is 0.000000406. The van der Waals surface area contributed by atoms with Crippen molar-refractivity contribution in [2.45, 2.75) is 6.42 Å². The number of aliphatic hydroxyl groups is 1. The van der Waals surface area contributed by atoms with E-state index in [2.05, 4.69) is 24.1 Å². The Bertz CT molecular complexity index is 391. The van der Waals surface area contributed by atoms with Crippen molar-refractivity contribution in [3.63, 3.8) is 0 Å². The molecule has 1 saturated carbocycles. The van der Waals surface area contributed by atoms with Gasteiger partial charge in [-0.3, -0.25) is 0 Å². The van der Waals surface area contributed by atoms with Crippen LogP contribution in [-0.2, 0) is 20.4 Å². The largest absolute Gasteiger partial charge is 0.400 e. The predicted octanol–water partition coefficient (Wildman–Crippen LogP) is 1.62. The second-order valence-corrected chi connectivity index (χ2v) is 4.19. The summed E-state index contributed by atoms with van der Waals surface area (Å²) in [6.07, 6.45) is 13.3. The Morgan fingerprint density at radius 3 is 2.56 bits per heavy atom. The van der Waals surface area contributed by atoms with Gasteiger partial charge in [0.05, 0.1) is 5.71 Å². The molecule has 0 amide bonds. The minimum atomic E-state index is 0. The Morgan fingerprint density at radius 2 is 2.00 bits per heavy atom. The summed E-state index contributed by atoms with van der Waals surface area (Å²) in [7, 11) is 1.00. The maximum Gasteiger partial charge on any atom is 0.0509 e. The summed E-state index contributed by atoms with van der Waals surface area (Å²) in [4.78, 5) is 0. The molecule has 2 nitrogen and oxygen atoms in total. The summed E-state index contributed by atoms with van der Waals surface area (Å²) < 4.78 is 0. The maximum absolute atomic E-state index is 7.94. The van der Waals surface area contributed by atoms with Crippen LogP contribution in [0.3, 0.4) is 0 Å². The molecule has 2 bridgehead atoms. The molecule has 0 aromatic heterocycles. The van der Waals surface area contributed by atoms with Gasteiger partial charge in [-0.2, -0.15) is 0 Å². The number of terminal acetylenes is 1. The zero-order valence-corrected chi connectivity index (χ0v) is 11.9. The van der Waals surface area contributed by atoms with Gasteiger partial charge in [0.25, 0.3) is 0 Å². The van der Waals surface area contributed by atoms with Gasteiger partial charge in [-0.25, -0.2) is 0 Å². The van der Waals surface area contributed by atoms with E-state index in [1.807, 2.05) is 0 Å². The van der Waals surface area contributed by atoms with Crippen molar-refractivity contribution in [2.75, 3.05) is 7.11 Å². The molecule has 0 aliphatic heterocycles. The smallest absolute Gasteiger partial charge is 0.0509 e. The maximum atomic E-state index is 7.94. The Labute approximate surface area is 110 Å². The fourth-order valence-electron chi connectivity index (χ4n) is 3.08. The zero-order chi connectivity index (χ0) is 11.0. The van der Waals surface area contributed by atoms with E-state index in [4.69, 9.17) is 16.9 Å². The molecule has 85 valence electrons. The van der Waals surface area contributed by atoms with E-state index in [1.54, 1.807) is 0 Å². The van der Waals surface area contributed by atoms with Crippen LogP contribution in [0.2, 0.25) is 0 Å². The minimum absolute atomic E-state index is 0. The van der Waals surface area contributed by atoms with Crippen LogP contribution in [-0.4, -0.2) is 17.9 Å². The van der Waals surface area contributed by atoms with Crippen LogP contribution in [0.5, 0.6) is 0 Å². The van der Waals surface area contributed by atoms with Crippen LogP contribution in [0.4, 0.5) is 0 Å². The first-order chi connectivity index (χ1) is 7.31. The summed E-state index contributed by atoms with van der Waals surface area (Å²) in [5.74, 6) is 4.86. The van der Waals surface area contributed by atoms with Gasteiger partial charge in [-0.15, -0.1) is 6.42 Å². The van der Waals surface area contributed by atoms with Crippen molar-refractivity contribution in [2.24, 2.45) is 23.7 Å². The third-order valence-corrected chi connectivity index (χ3v) is 3.66. The van der Waals surface area contributed by atoms with Crippen LogP contribution in [0, 0.1) is 41.4 Å². The fraction of sp³-hybridized carbons (Fsp3) is 0.462. The van der Waals surface area contributed by atoms with E-state index in [0.717, 1.165) is 12.7 Å². The fourth-order valence-corrected chi connectivity index (χ4v) is 3.08. The molecule has 1 fully saturated rings. The molecule has 3 aliphatic carbocycles. The molecular weight excluding hydrogens is 372 g/mol. The monoisotopic (exact) mass is 388 g/mol. The second-order valence-electron chi connectivity index (χ2n) is 4.19. The van der Waals surface area contributed by atoms with Gasteiger partial charge in [0.1, 0.15) is 0 Å². The van der Waals surface area contributed by atoms with E-state index in [-0.39, 0.29) is 20.4 Å². The van der Waals surface area contributed by atoms with Gasteiger partial charge in [0.15, 0.2) is 0 Å². The average molecular weight is 387 g/mol. The molecule has 0 heterocycles. The van der Waals surface area contributed by atoms with Crippen molar-refractivity contribution in [1.82, 2.24) is 0 Å². The SMILES string of the molecule is C#CC1=CC2C3C=CC(C3)C2C1=N.CO.[Re]. The molecule has 0 saturated heterocycles. The quantitative estimate of drug-likeness (QED) is 0.482. The van der Waals surface area contributed by atoms with E-state index < -0.39 is 0 Å². The first kappa shape index (κ1) is 13.4.